The normalized spacial score (nSPS) is 21.7. The van der Waals surface area contributed by atoms with E-state index in [0.717, 1.165) is 24.3 Å². The van der Waals surface area contributed by atoms with Gasteiger partial charge in [0.05, 0.1) is 37.1 Å². The Balaban J connectivity index is 1.29. The summed E-state index contributed by atoms with van der Waals surface area (Å²) in [6.45, 7) is 1.89. The minimum atomic E-state index is -4.61. The largest absolute Gasteiger partial charge is 0.416 e. The highest BCUT2D eigenvalue weighted by Gasteiger charge is 2.51. The Labute approximate surface area is 229 Å². The van der Waals surface area contributed by atoms with E-state index in [1.165, 1.54) is 37.3 Å². The van der Waals surface area contributed by atoms with E-state index in [2.05, 4.69) is 4.90 Å². The van der Waals surface area contributed by atoms with E-state index in [9.17, 15) is 18.0 Å². The Morgan fingerprint density at radius 2 is 1.93 bits per heavy atom. The van der Waals surface area contributed by atoms with Gasteiger partial charge in [0.1, 0.15) is 5.84 Å². The molecule has 11 heteroatoms. The van der Waals surface area contributed by atoms with Gasteiger partial charge in [-0.15, -0.1) is 0 Å². The number of hydrogen-bond acceptors (Lipinski definition) is 5. The Bertz CT molecular complexity index is 1380. The number of nitrogens with one attached hydrogen (secondary N) is 2. The topological polar surface area (TPSA) is 83.7 Å². The Hall–Kier alpha value is -3.31. The number of rotatable bonds is 7. The molecule has 2 saturated heterocycles. The lowest BCUT2D eigenvalue weighted by atomic mass is 9.63. The van der Waals surface area contributed by atoms with E-state index in [1.54, 1.807) is 30.3 Å². The van der Waals surface area contributed by atoms with Crippen LogP contribution in [0.1, 0.15) is 51.9 Å². The lowest BCUT2D eigenvalue weighted by Crippen LogP contribution is -2.58. The van der Waals surface area contributed by atoms with Crippen LogP contribution in [0.2, 0.25) is 0 Å². The molecule has 1 atom stereocenters. The molecule has 2 aromatic carbocycles. The quantitative estimate of drug-likeness (QED) is 0.286. The second kappa shape index (κ2) is 9.37. The first kappa shape index (κ1) is 26.9. The average Bonchev–Trinajstić information content (AvgIpc) is 3.18. The number of fused-ring (bicyclic) bond motifs is 1. The summed E-state index contributed by atoms with van der Waals surface area (Å²) in [7, 11) is 1.41. The lowest BCUT2D eigenvalue weighted by molar-refractivity contribution is -0.138. The second-order valence-corrected chi connectivity index (χ2v) is 11.7. The fourth-order valence-corrected chi connectivity index (χ4v) is 6.56. The zero-order valence-corrected chi connectivity index (χ0v) is 22.2. The van der Waals surface area contributed by atoms with Crippen LogP contribution in [0.25, 0.3) is 0 Å². The van der Waals surface area contributed by atoms with Crippen molar-refractivity contribution in [1.82, 2.24) is 9.80 Å². The molecular formula is C29H31F4N5O2. The van der Waals surface area contributed by atoms with Gasteiger partial charge in [-0.1, -0.05) is 18.6 Å². The number of nitrogens with zero attached hydrogens (tertiary/aromatic N) is 3. The van der Waals surface area contributed by atoms with Crippen molar-refractivity contribution in [2.24, 2.45) is 5.41 Å². The number of amidine groups is 1. The van der Waals surface area contributed by atoms with Gasteiger partial charge in [0.25, 0.3) is 5.91 Å². The van der Waals surface area contributed by atoms with Crippen molar-refractivity contribution in [1.29, 1.82) is 10.8 Å². The monoisotopic (exact) mass is 557 g/mol. The maximum Gasteiger partial charge on any atom is 0.416 e. The van der Waals surface area contributed by atoms with Gasteiger partial charge in [-0.05, 0) is 59.2 Å². The molecule has 1 aliphatic carbocycles. The minimum Gasteiger partial charge on any atom is -0.379 e. The fourth-order valence-electron chi connectivity index (χ4n) is 6.56. The molecule has 1 unspecified atom stereocenters. The molecule has 7 nitrogen and oxygen atoms in total. The summed E-state index contributed by atoms with van der Waals surface area (Å²) in [6.07, 6.45) is -2.00. The molecule has 3 fully saturated rings. The molecule has 0 bridgehead atoms. The highest BCUT2D eigenvalue weighted by atomic mass is 19.4. The number of halogens is 4. The number of ether oxygens (including phenoxy) is 1. The van der Waals surface area contributed by atoms with E-state index >= 15 is 4.39 Å². The zero-order valence-electron chi connectivity index (χ0n) is 22.2. The van der Waals surface area contributed by atoms with E-state index in [1.807, 2.05) is 0 Å². The third-order valence-corrected chi connectivity index (χ3v) is 9.10. The molecule has 4 aliphatic rings. The third kappa shape index (κ3) is 4.21. The van der Waals surface area contributed by atoms with Crippen LogP contribution in [-0.4, -0.2) is 67.4 Å². The number of hydrogen-bond donors (Lipinski definition) is 2. The van der Waals surface area contributed by atoms with Gasteiger partial charge >= 0.3 is 6.18 Å². The van der Waals surface area contributed by atoms with Gasteiger partial charge in [0, 0.05) is 37.9 Å². The van der Waals surface area contributed by atoms with E-state index in [0.29, 0.717) is 28.8 Å². The molecule has 1 amide bonds. The van der Waals surface area contributed by atoms with E-state index < -0.39 is 35.1 Å². The second-order valence-electron chi connectivity index (χ2n) is 11.7. The molecule has 3 aliphatic heterocycles. The number of amides is 1. The summed E-state index contributed by atoms with van der Waals surface area (Å²) in [5.74, 6) is -0.924. The molecule has 212 valence electrons. The fraction of sp³-hybridized carbons (Fsp3) is 0.483. The molecule has 2 N–H and O–H groups in total. The van der Waals surface area contributed by atoms with Crippen LogP contribution in [-0.2, 0) is 29.4 Å². The molecule has 40 heavy (non-hydrogen) atoms. The van der Waals surface area contributed by atoms with Crippen molar-refractivity contribution in [3.05, 3.63) is 64.2 Å². The first-order valence-electron chi connectivity index (χ1n) is 13.4. The number of anilines is 1. The van der Waals surface area contributed by atoms with Crippen molar-refractivity contribution in [3.63, 3.8) is 0 Å². The summed E-state index contributed by atoms with van der Waals surface area (Å²) >= 11 is 0. The lowest BCUT2D eigenvalue weighted by Gasteiger charge is -2.56. The zero-order chi connectivity index (χ0) is 28.4. The first-order valence-corrected chi connectivity index (χ1v) is 13.4. The van der Waals surface area contributed by atoms with Gasteiger partial charge in [-0.3, -0.25) is 20.5 Å². The maximum atomic E-state index is 15.6. The minimum absolute atomic E-state index is 0.000616. The first-order chi connectivity index (χ1) is 19.0. The SMILES string of the molecule is CN(C=N)C(=N)C(F)C1(c2cccc(N3Cc4c(cc(CN5CC6(CCC6)C5)cc4C(F)(F)F)C3=O)c2)COC1. The van der Waals surface area contributed by atoms with Crippen molar-refractivity contribution < 1.29 is 27.1 Å². The summed E-state index contributed by atoms with van der Waals surface area (Å²) < 4.78 is 63.5. The Morgan fingerprint density at radius 3 is 2.50 bits per heavy atom. The van der Waals surface area contributed by atoms with Crippen molar-refractivity contribution in [2.45, 2.75) is 50.1 Å². The predicted octanol–water partition coefficient (Wildman–Crippen LogP) is 4.97. The summed E-state index contributed by atoms with van der Waals surface area (Å²) in [4.78, 5) is 18.1. The number of benzene rings is 2. The molecule has 0 radical (unpaired) electrons. The number of carbonyl (C=O) groups excluding carboxylic acids is 1. The summed E-state index contributed by atoms with van der Waals surface area (Å²) in [6, 6.07) is 9.30. The van der Waals surface area contributed by atoms with Gasteiger partial charge in [-0.25, -0.2) is 4.39 Å². The smallest absolute Gasteiger partial charge is 0.379 e. The van der Waals surface area contributed by atoms with Crippen molar-refractivity contribution >= 4 is 23.8 Å². The van der Waals surface area contributed by atoms with E-state index in [4.69, 9.17) is 15.6 Å². The van der Waals surface area contributed by atoms with Crippen LogP contribution in [0.4, 0.5) is 23.2 Å². The average molecular weight is 558 g/mol. The highest BCUT2D eigenvalue weighted by Crippen LogP contribution is 2.49. The number of alkyl halides is 4. The van der Waals surface area contributed by atoms with Crippen LogP contribution in [0.15, 0.2) is 36.4 Å². The standard InChI is InChI=1S/C29H31F4N5O2/c1-36(17-34)25(35)24(30)28(15-40-16-28)19-4-2-5-20(10-19)38-12-22-21(26(38)39)8-18(9-23(22)29(31,32)33)11-37-13-27(14-37)6-3-7-27/h2,4-5,8-10,17,24,34-35H,3,6-7,11-16H2,1H3. The highest BCUT2D eigenvalue weighted by molar-refractivity contribution is 6.10. The molecule has 2 aromatic rings. The number of carbonyl (C=O) groups is 1. The number of likely N-dealkylation sites (tertiary alicyclic amines) is 1. The van der Waals surface area contributed by atoms with Crippen LogP contribution >= 0.6 is 0 Å². The van der Waals surface area contributed by atoms with Gasteiger partial charge in [0.2, 0.25) is 0 Å². The van der Waals surface area contributed by atoms with Gasteiger partial charge < -0.3 is 14.5 Å². The van der Waals surface area contributed by atoms with Crippen LogP contribution in [0, 0.1) is 16.2 Å². The Kier molecular flexibility index (Phi) is 6.30. The predicted molar refractivity (Wildman–Crippen MR) is 142 cm³/mol. The van der Waals surface area contributed by atoms with Crippen molar-refractivity contribution in [2.75, 3.05) is 38.3 Å². The van der Waals surface area contributed by atoms with Crippen LogP contribution in [0.3, 0.4) is 0 Å². The molecule has 3 heterocycles. The van der Waals surface area contributed by atoms with Crippen LogP contribution in [0.5, 0.6) is 0 Å². The maximum absolute atomic E-state index is 15.6. The summed E-state index contributed by atoms with van der Waals surface area (Å²) in [5.41, 5.74) is -0.331. The third-order valence-electron chi connectivity index (χ3n) is 9.10. The molecule has 1 spiro atoms. The molecular weight excluding hydrogens is 526 g/mol. The summed E-state index contributed by atoms with van der Waals surface area (Å²) in [5, 5.41) is 15.5. The Morgan fingerprint density at radius 1 is 1.20 bits per heavy atom. The van der Waals surface area contributed by atoms with Gasteiger partial charge in [-0.2, -0.15) is 13.2 Å². The molecule has 6 rings (SSSR count). The molecule has 1 saturated carbocycles. The van der Waals surface area contributed by atoms with E-state index in [-0.39, 0.29) is 30.9 Å². The van der Waals surface area contributed by atoms with Gasteiger partial charge in [0.15, 0.2) is 6.17 Å². The van der Waals surface area contributed by atoms with Crippen LogP contribution < -0.4 is 4.90 Å². The van der Waals surface area contributed by atoms with Crippen molar-refractivity contribution in [3.8, 4) is 0 Å². The molecule has 0 aromatic heterocycles.